The van der Waals surface area contributed by atoms with Crippen LogP contribution in [0.3, 0.4) is 0 Å². The fourth-order valence-electron chi connectivity index (χ4n) is 10.6. The summed E-state index contributed by atoms with van der Waals surface area (Å²) in [7, 11) is -9.90. The number of hydrogen-bond donors (Lipinski definition) is 3. The number of rotatable bonds is 68. The van der Waals surface area contributed by atoms with Gasteiger partial charge in [-0.15, -0.1) is 0 Å². The first-order valence-corrected chi connectivity index (χ1v) is 39.7. The van der Waals surface area contributed by atoms with Gasteiger partial charge in [0.05, 0.1) is 26.4 Å². The maximum absolute atomic E-state index is 13.0. The first kappa shape index (κ1) is 88.1. The van der Waals surface area contributed by atoms with Crippen LogP contribution < -0.4 is 0 Å². The fraction of sp³-hybridized carbons (Fsp3) is 0.944. The molecule has 0 rings (SSSR count). The van der Waals surface area contributed by atoms with Crippen molar-refractivity contribution in [3.63, 3.8) is 0 Å². The van der Waals surface area contributed by atoms with Crippen LogP contribution in [0, 0.1) is 23.7 Å². The van der Waals surface area contributed by atoms with E-state index in [1.54, 1.807) is 0 Å². The number of carbonyl (C=O) groups excluding carboxylic acids is 4. The van der Waals surface area contributed by atoms with Crippen molar-refractivity contribution in [2.45, 2.75) is 369 Å². The van der Waals surface area contributed by atoms with Gasteiger partial charge in [-0.25, -0.2) is 9.13 Å². The summed E-state index contributed by atoms with van der Waals surface area (Å²) in [6, 6.07) is 0. The topological polar surface area (TPSA) is 237 Å². The lowest BCUT2D eigenvalue weighted by Crippen LogP contribution is -2.30. The zero-order chi connectivity index (χ0) is 66.8. The Labute approximate surface area is 549 Å². The minimum Gasteiger partial charge on any atom is -0.462 e. The highest BCUT2D eigenvalue weighted by atomic mass is 31.2. The predicted molar refractivity (Wildman–Crippen MR) is 363 cm³/mol. The maximum Gasteiger partial charge on any atom is 0.472 e. The number of phosphoric ester groups is 2. The van der Waals surface area contributed by atoms with Crippen molar-refractivity contribution in [3.05, 3.63) is 0 Å². The van der Waals surface area contributed by atoms with Crippen molar-refractivity contribution < 1.29 is 80.2 Å². The van der Waals surface area contributed by atoms with Crippen LogP contribution in [0.15, 0.2) is 0 Å². The van der Waals surface area contributed by atoms with E-state index in [1.165, 1.54) is 141 Å². The van der Waals surface area contributed by atoms with Gasteiger partial charge in [0, 0.05) is 25.7 Å². The minimum atomic E-state index is -4.95. The molecule has 3 N–H and O–H groups in total. The molecule has 17 nitrogen and oxygen atoms in total. The molecule has 0 aliphatic carbocycles. The highest BCUT2D eigenvalue weighted by Gasteiger charge is 2.30. The molecule has 0 saturated carbocycles. The number of aliphatic hydroxyl groups is 1. The van der Waals surface area contributed by atoms with E-state index in [-0.39, 0.29) is 25.7 Å². The van der Waals surface area contributed by atoms with Crippen molar-refractivity contribution in [2.75, 3.05) is 39.6 Å². The monoisotopic (exact) mass is 1320 g/mol. The van der Waals surface area contributed by atoms with Crippen LogP contribution in [-0.4, -0.2) is 96.7 Å². The van der Waals surface area contributed by atoms with Gasteiger partial charge < -0.3 is 33.8 Å². The summed E-state index contributed by atoms with van der Waals surface area (Å²) in [5, 5.41) is 10.6. The van der Waals surface area contributed by atoms with E-state index in [9.17, 15) is 43.2 Å². The Morgan fingerprint density at radius 2 is 0.533 bits per heavy atom. The van der Waals surface area contributed by atoms with Crippen LogP contribution >= 0.6 is 15.6 Å². The number of hydrogen-bond acceptors (Lipinski definition) is 15. The van der Waals surface area contributed by atoms with Crippen molar-refractivity contribution in [1.82, 2.24) is 0 Å². The van der Waals surface area contributed by atoms with Gasteiger partial charge in [-0.3, -0.25) is 37.3 Å². The van der Waals surface area contributed by atoms with E-state index >= 15 is 0 Å². The summed E-state index contributed by atoms with van der Waals surface area (Å²) in [5.74, 6) is 0.834. The molecule has 0 amide bonds. The molecule has 19 heteroatoms. The summed E-state index contributed by atoms with van der Waals surface area (Å²) in [6.45, 7) is 14.1. The Hall–Kier alpha value is -1.94. The molecule has 6 atom stereocenters. The Morgan fingerprint density at radius 3 is 0.789 bits per heavy atom. The second-order valence-corrected chi connectivity index (χ2v) is 30.2. The number of aliphatic hydroxyl groups excluding tert-OH is 1. The first-order valence-electron chi connectivity index (χ1n) is 36.7. The Morgan fingerprint density at radius 1 is 0.311 bits per heavy atom. The third kappa shape index (κ3) is 63.5. The van der Waals surface area contributed by atoms with Crippen LogP contribution in [0.4, 0.5) is 0 Å². The highest BCUT2D eigenvalue weighted by Crippen LogP contribution is 2.45. The van der Waals surface area contributed by atoms with E-state index < -0.39 is 97.5 Å². The van der Waals surface area contributed by atoms with Gasteiger partial charge in [-0.05, 0) is 49.4 Å². The van der Waals surface area contributed by atoms with Crippen molar-refractivity contribution in [3.8, 4) is 0 Å². The van der Waals surface area contributed by atoms with Gasteiger partial charge in [0.1, 0.15) is 19.3 Å². The molecule has 0 aromatic rings. The van der Waals surface area contributed by atoms with Gasteiger partial charge in [-0.1, -0.05) is 299 Å². The molecule has 0 fully saturated rings. The fourth-order valence-corrected chi connectivity index (χ4v) is 12.2. The standard InChI is InChI=1S/C71H138O17P2/c1-9-64(8)50-42-34-28-30-36-44-52-69(74)82-58-67(88-70(75)53-45-37-25-21-16-14-12-10-11-13-15-19-23-31-39-47-61(2)3)60-86-90(79,80)84-56-65(72)55-83-89(77,78)85-59-66(57-81-68(73)51-43-35-29-27-33-41-49-63(6)7)87-71(76)54-46-38-26-22-18-17-20-24-32-40-48-62(4)5/h61-67,72H,9-60H2,1-8H3,(H,77,78)(H,79,80)/t64?,65-,66+,67+/m0/s1. The zero-order valence-corrected chi connectivity index (χ0v) is 60.6. The van der Waals surface area contributed by atoms with E-state index in [0.29, 0.717) is 31.6 Å². The normalized spacial score (nSPS) is 14.6. The number of esters is 4. The number of phosphoric acid groups is 2. The average molecular weight is 1330 g/mol. The third-order valence-electron chi connectivity index (χ3n) is 16.7. The van der Waals surface area contributed by atoms with Crippen LogP contribution in [0.25, 0.3) is 0 Å². The molecule has 0 bridgehead atoms. The van der Waals surface area contributed by atoms with Crippen molar-refractivity contribution >= 4 is 39.5 Å². The van der Waals surface area contributed by atoms with Gasteiger partial charge >= 0.3 is 39.5 Å². The molecule has 0 spiro atoms. The number of unbranched alkanes of at least 4 members (excludes halogenated alkanes) is 33. The number of carbonyl (C=O) groups is 4. The average Bonchev–Trinajstić information content (AvgIpc) is 3.71. The predicted octanol–water partition coefficient (Wildman–Crippen LogP) is 20.1. The van der Waals surface area contributed by atoms with Crippen LogP contribution in [0.2, 0.25) is 0 Å². The quantitative estimate of drug-likeness (QED) is 0.0222. The largest absolute Gasteiger partial charge is 0.472 e. The van der Waals surface area contributed by atoms with Crippen molar-refractivity contribution in [1.29, 1.82) is 0 Å². The summed E-state index contributed by atoms with van der Waals surface area (Å²) in [4.78, 5) is 72.5. The first-order chi connectivity index (χ1) is 43.1. The molecule has 534 valence electrons. The van der Waals surface area contributed by atoms with Gasteiger partial charge in [-0.2, -0.15) is 0 Å². The van der Waals surface area contributed by atoms with Gasteiger partial charge in [0.2, 0.25) is 0 Å². The lowest BCUT2D eigenvalue weighted by molar-refractivity contribution is -0.161. The Bertz CT molecular complexity index is 1780. The lowest BCUT2D eigenvalue weighted by atomic mass is 10.00. The molecule has 90 heavy (non-hydrogen) atoms. The lowest BCUT2D eigenvalue weighted by Gasteiger charge is -2.21. The summed E-state index contributed by atoms with van der Waals surface area (Å²) in [5.41, 5.74) is 0. The Balaban J connectivity index is 5.21. The molecule has 0 heterocycles. The molecular formula is C71H138O17P2. The molecule has 0 saturated heterocycles. The molecule has 0 aliphatic heterocycles. The second kappa shape index (κ2) is 60.7. The highest BCUT2D eigenvalue weighted by molar-refractivity contribution is 7.47. The molecule has 0 aromatic carbocycles. The maximum atomic E-state index is 13.0. The van der Waals surface area contributed by atoms with E-state index in [4.69, 9.17) is 37.0 Å². The van der Waals surface area contributed by atoms with Crippen LogP contribution in [-0.2, 0) is 65.4 Å². The number of ether oxygens (including phenoxy) is 4. The van der Waals surface area contributed by atoms with Crippen LogP contribution in [0.1, 0.15) is 351 Å². The Kier molecular flexibility index (Phi) is 59.4. The molecule has 0 radical (unpaired) electrons. The zero-order valence-electron chi connectivity index (χ0n) is 58.8. The molecule has 0 aromatic heterocycles. The summed E-state index contributed by atoms with van der Waals surface area (Å²) >= 11 is 0. The smallest absolute Gasteiger partial charge is 0.462 e. The molecule has 0 aliphatic rings. The minimum absolute atomic E-state index is 0.104. The molecular weight excluding hydrogens is 1190 g/mol. The second-order valence-electron chi connectivity index (χ2n) is 27.3. The van der Waals surface area contributed by atoms with Crippen molar-refractivity contribution in [2.24, 2.45) is 23.7 Å². The summed E-state index contributed by atoms with van der Waals surface area (Å²) < 4.78 is 68.3. The summed E-state index contributed by atoms with van der Waals surface area (Å²) in [6.07, 6.45) is 43.3. The van der Waals surface area contributed by atoms with E-state index in [1.807, 2.05) is 0 Å². The van der Waals surface area contributed by atoms with E-state index in [2.05, 4.69) is 55.4 Å². The molecule has 3 unspecified atom stereocenters. The van der Waals surface area contributed by atoms with Crippen LogP contribution in [0.5, 0.6) is 0 Å². The van der Waals surface area contributed by atoms with Gasteiger partial charge in [0.25, 0.3) is 0 Å². The van der Waals surface area contributed by atoms with Gasteiger partial charge in [0.15, 0.2) is 12.2 Å². The SMILES string of the molecule is CCC(C)CCCCCCCCC(=O)OC[C@H](COP(=O)(O)OC[C@@H](O)COP(=O)(O)OC[C@@H](COC(=O)CCCCCCCCC(C)C)OC(=O)CCCCCCCCCCCCC(C)C)OC(=O)CCCCCCCCCCCCCCCCCC(C)C. The van der Waals surface area contributed by atoms with E-state index in [0.717, 1.165) is 120 Å². The third-order valence-corrected chi connectivity index (χ3v) is 18.6.